The van der Waals surface area contributed by atoms with Crippen LogP contribution in [0.3, 0.4) is 0 Å². The topological polar surface area (TPSA) is 40.6 Å². The van der Waals surface area contributed by atoms with Crippen molar-refractivity contribution in [3.8, 4) is 0 Å². The van der Waals surface area contributed by atoms with E-state index >= 15 is 0 Å². The fourth-order valence-corrected chi connectivity index (χ4v) is 2.00. The van der Waals surface area contributed by atoms with E-state index in [2.05, 4.69) is 6.58 Å². The Bertz CT molecular complexity index is 528. The van der Waals surface area contributed by atoms with Crippen molar-refractivity contribution in [1.29, 1.82) is 0 Å². The Morgan fingerprint density at radius 2 is 2.17 bits per heavy atom. The predicted molar refractivity (Wildman–Crippen MR) is 70.8 cm³/mol. The van der Waals surface area contributed by atoms with Crippen molar-refractivity contribution < 1.29 is 9.59 Å². The van der Waals surface area contributed by atoms with Crippen molar-refractivity contribution in [2.45, 2.75) is 6.92 Å². The molecule has 0 saturated carbocycles. The van der Waals surface area contributed by atoms with Gasteiger partial charge in [-0.3, -0.25) is 4.79 Å². The Labute approximate surface area is 110 Å². The normalized spacial score (nSPS) is 15.4. The van der Waals surface area contributed by atoms with Crippen LogP contribution in [0, 0.1) is 6.92 Å². The van der Waals surface area contributed by atoms with Crippen LogP contribution in [0.15, 0.2) is 30.9 Å². The minimum absolute atomic E-state index is 0.0797. The molecule has 0 N–H and O–H groups in total. The summed E-state index contributed by atoms with van der Waals surface area (Å²) in [5.41, 5.74) is 1.41. The summed E-state index contributed by atoms with van der Waals surface area (Å²) in [4.78, 5) is 26.5. The molecule has 0 bridgehead atoms. The molecule has 1 saturated heterocycles. The van der Waals surface area contributed by atoms with Crippen molar-refractivity contribution in [3.05, 3.63) is 41.4 Å². The molecule has 1 aliphatic rings. The number of rotatable bonds is 3. The molecular formula is C13H13ClN2O2. The minimum Gasteiger partial charge on any atom is -0.311 e. The molecule has 1 aliphatic heterocycles. The number of carbonyl (C=O) groups excluding carboxylic acids is 2. The molecule has 0 aromatic heterocycles. The van der Waals surface area contributed by atoms with Crippen LogP contribution in [0.4, 0.5) is 10.5 Å². The molecule has 94 valence electrons. The van der Waals surface area contributed by atoms with Gasteiger partial charge in [0.1, 0.15) is 6.54 Å². The molecule has 18 heavy (non-hydrogen) atoms. The van der Waals surface area contributed by atoms with Crippen molar-refractivity contribution in [3.63, 3.8) is 0 Å². The summed E-state index contributed by atoms with van der Waals surface area (Å²) in [7, 11) is 0. The van der Waals surface area contributed by atoms with E-state index in [-0.39, 0.29) is 18.5 Å². The van der Waals surface area contributed by atoms with Gasteiger partial charge in [-0.25, -0.2) is 9.69 Å². The van der Waals surface area contributed by atoms with Gasteiger partial charge in [0.25, 0.3) is 5.91 Å². The van der Waals surface area contributed by atoms with Crippen LogP contribution in [0.2, 0.25) is 5.02 Å². The Kier molecular flexibility index (Phi) is 3.39. The maximum absolute atomic E-state index is 12.0. The van der Waals surface area contributed by atoms with Gasteiger partial charge in [0, 0.05) is 11.6 Å². The lowest BCUT2D eigenvalue weighted by atomic mass is 10.2. The lowest BCUT2D eigenvalue weighted by Crippen LogP contribution is -2.33. The van der Waals surface area contributed by atoms with Gasteiger partial charge in [0.15, 0.2) is 0 Å². The summed E-state index contributed by atoms with van der Waals surface area (Å²) in [6.45, 7) is 5.87. The van der Waals surface area contributed by atoms with Gasteiger partial charge in [-0.15, -0.1) is 6.58 Å². The van der Waals surface area contributed by atoms with Crippen LogP contribution >= 0.6 is 11.6 Å². The van der Waals surface area contributed by atoms with Crippen molar-refractivity contribution in [2.24, 2.45) is 0 Å². The Balaban J connectivity index is 2.32. The van der Waals surface area contributed by atoms with E-state index in [0.29, 0.717) is 17.3 Å². The first kappa shape index (κ1) is 12.6. The Morgan fingerprint density at radius 1 is 1.44 bits per heavy atom. The third-order valence-electron chi connectivity index (χ3n) is 2.80. The second kappa shape index (κ2) is 4.82. The summed E-state index contributed by atoms with van der Waals surface area (Å²) in [6.07, 6.45) is 1.59. The first-order valence-corrected chi connectivity index (χ1v) is 5.91. The standard InChI is InChI=1S/C13H13ClN2O2/c1-3-6-15-8-12(17)16(13(15)18)10-5-4-9(2)11(14)7-10/h3-5,7H,1,6,8H2,2H3. The van der Waals surface area contributed by atoms with Crippen molar-refractivity contribution in [2.75, 3.05) is 18.0 Å². The number of amides is 3. The number of urea groups is 1. The van der Waals surface area contributed by atoms with Crippen LogP contribution < -0.4 is 4.90 Å². The molecule has 0 atom stereocenters. The number of nitrogens with zero attached hydrogens (tertiary/aromatic N) is 2. The van der Waals surface area contributed by atoms with E-state index in [1.54, 1.807) is 24.3 Å². The average Bonchev–Trinajstić information content (AvgIpc) is 2.59. The highest BCUT2D eigenvalue weighted by atomic mass is 35.5. The average molecular weight is 265 g/mol. The maximum Gasteiger partial charge on any atom is 0.332 e. The van der Waals surface area contributed by atoms with Crippen LogP contribution in [-0.2, 0) is 4.79 Å². The fraction of sp³-hybridized carbons (Fsp3) is 0.231. The zero-order chi connectivity index (χ0) is 13.3. The molecule has 3 amide bonds. The molecule has 0 unspecified atom stereocenters. The van der Waals surface area contributed by atoms with Crippen molar-refractivity contribution >= 4 is 29.2 Å². The van der Waals surface area contributed by atoms with Gasteiger partial charge >= 0.3 is 6.03 Å². The van der Waals surface area contributed by atoms with Gasteiger partial charge in [0.05, 0.1) is 5.69 Å². The number of carbonyl (C=O) groups is 2. The molecule has 0 aliphatic carbocycles. The summed E-state index contributed by atoms with van der Waals surface area (Å²) in [5.74, 6) is -0.248. The number of aryl methyl sites for hydroxylation is 1. The first-order valence-electron chi connectivity index (χ1n) is 5.53. The van der Waals surface area contributed by atoms with E-state index in [1.807, 2.05) is 6.92 Å². The zero-order valence-corrected chi connectivity index (χ0v) is 10.8. The minimum atomic E-state index is -0.334. The van der Waals surface area contributed by atoms with Crippen LogP contribution in [0.1, 0.15) is 5.56 Å². The van der Waals surface area contributed by atoms with Gasteiger partial charge in [-0.1, -0.05) is 23.7 Å². The highest BCUT2D eigenvalue weighted by molar-refractivity contribution is 6.32. The molecule has 1 aromatic rings. The zero-order valence-electron chi connectivity index (χ0n) is 10.0. The Morgan fingerprint density at radius 3 is 2.78 bits per heavy atom. The largest absolute Gasteiger partial charge is 0.332 e. The molecule has 0 radical (unpaired) electrons. The molecule has 4 nitrogen and oxygen atoms in total. The number of hydrogen-bond acceptors (Lipinski definition) is 2. The first-order chi connectivity index (χ1) is 8.54. The highest BCUT2D eigenvalue weighted by Gasteiger charge is 2.36. The molecule has 2 rings (SSSR count). The second-order valence-corrected chi connectivity index (χ2v) is 4.52. The van der Waals surface area contributed by atoms with E-state index in [4.69, 9.17) is 11.6 Å². The lowest BCUT2D eigenvalue weighted by molar-refractivity contribution is -0.116. The Hall–Kier alpha value is -1.81. The SMILES string of the molecule is C=CCN1CC(=O)N(c2ccc(C)c(Cl)c2)C1=O. The predicted octanol–water partition coefficient (Wildman–Crippen LogP) is 2.60. The third-order valence-corrected chi connectivity index (χ3v) is 3.21. The second-order valence-electron chi connectivity index (χ2n) is 4.11. The fourth-order valence-electron chi connectivity index (χ4n) is 1.82. The summed E-state index contributed by atoms with van der Waals surface area (Å²) >= 11 is 6.01. The molecular weight excluding hydrogens is 252 g/mol. The number of benzene rings is 1. The lowest BCUT2D eigenvalue weighted by Gasteiger charge is -2.16. The van der Waals surface area contributed by atoms with Crippen LogP contribution in [0.5, 0.6) is 0 Å². The molecule has 1 fully saturated rings. The number of anilines is 1. The highest BCUT2D eigenvalue weighted by Crippen LogP contribution is 2.26. The van der Waals surface area contributed by atoms with Gasteiger partial charge in [0.2, 0.25) is 0 Å². The van der Waals surface area contributed by atoms with E-state index in [0.717, 1.165) is 10.5 Å². The maximum atomic E-state index is 12.0. The molecule has 0 spiro atoms. The third kappa shape index (κ3) is 2.11. The molecule has 1 heterocycles. The van der Waals surface area contributed by atoms with Gasteiger partial charge < -0.3 is 4.90 Å². The monoisotopic (exact) mass is 264 g/mol. The summed E-state index contributed by atoms with van der Waals surface area (Å²) < 4.78 is 0. The van der Waals surface area contributed by atoms with Crippen LogP contribution in [0.25, 0.3) is 0 Å². The summed E-state index contributed by atoms with van der Waals surface area (Å²) in [6, 6.07) is 4.80. The number of imide groups is 1. The van der Waals surface area contributed by atoms with E-state index < -0.39 is 0 Å². The van der Waals surface area contributed by atoms with Crippen LogP contribution in [-0.4, -0.2) is 29.9 Å². The van der Waals surface area contributed by atoms with Gasteiger partial charge in [-0.05, 0) is 24.6 Å². The van der Waals surface area contributed by atoms with E-state index in [1.165, 1.54) is 4.90 Å². The molecule has 5 heteroatoms. The quantitative estimate of drug-likeness (QED) is 0.622. The number of halogens is 1. The van der Waals surface area contributed by atoms with Gasteiger partial charge in [-0.2, -0.15) is 0 Å². The smallest absolute Gasteiger partial charge is 0.311 e. The van der Waals surface area contributed by atoms with E-state index in [9.17, 15) is 9.59 Å². The summed E-state index contributed by atoms with van der Waals surface area (Å²) in [5, 5.41) is 0.537. The van der Waals surface area contributed by atoms with Crippen molar-refractivity contribution in [1.82, 2.24) is 4.90 Å². The molecule has 1 aromatic carbocycles. The number of hydrogen-bond donors (Lipinski definition) is 0.